The molecule has 6 nitrogen and oxygen atoms in total. The highest BCUT2D eigenvalue weighted by Gasteiger charge is 1.99. The van der Waals surface area contributed by atoms with E-state index in [0.29, 0.717) is 0 Å². The van der Waals surface area contributed by atoms with Gasteiger partial charge >= 0.3 is 6.03 Å². The van der Waals surface area contributed by atoms with E-state index in [2.05, 4.69) is 10.8 Å². The van der Waals surface area contributed by atoms with E-state index in [9.17, 15) is 9.59 Å². The number of rotatable bonds is 1. The van der Waals surface area contributed by atoms with Crippen molar-refractivity contribution in [2.45, 2.75) is 0 Å². The molecule has 0 aromatic heterocycles. The molecule has 2 amide bonds. The lowest BCUT2D eigenvalue weighted by molar-refractivity contribution is -0.0373. The van der Waals surface area contributed by atoms with Gasteiger partial charge in [-0.15, -0.1) is 0 Å². The molecule has 0 aromatic rings. The number of carbonyl (C=O) groups is 1. The van der Waals surface area contributed by atoms with E-state index in [1.807, 2.05) is 0 Å². The molecule has 0 unspecified atom stereocenters. The van der Waals surface area contributed by atoms with Crippen LogP contribution in [0.2, 0.25) is 0 Å². The van der Waals surface area contributed by atoms with Crippen molar-refractivity contribution in [1.82, 2.24) is 5.17 Å². The maximum Gasteiger partial charge on any atom is 0.361 e. The fourth-order valence-electron chi connectivity index (χ4n) is 0.0879. The first kappa shape index (κ1) is 6.61. The summed E-state index contributed by atoms with van der Waals surface area (Å²) in [6, 6.07) is -1.23. The van der Waals surface area contributed by atoms with Crippen molar-refractivity contribution in [3.8, 4) is 0 Å². The molecule has 0 radical (unpaired) electrons. The Morgan fingerprint density at radius 3 is 2.50 bits per heavy atom. The Morgan fingerprint density at radius 1 is 1.88 bits per heavy atom. The molecule has 0 spiro atoms. The van der Waals surface area contributed by atoms with Gasteiger partial charge in [-0.3, -0.25) is 5.21 Å². The van der Waals surface area contributed by atoms with Gasteiger partial charge in [-0.2, -0.15) is 0 Å². The number of isocyanates is 1. The number of nitrogens with two attached hydrogens (primary N) is 1. The lowest BCUT2D eigenvalue weighted by Crippen LogP contribution is -2.27. The second-order valence-electron chi connectivity index (χ2n) is 0.819. The third-order valence-corrected chi connectivity index (χ3v) is 0.333. The normalized spacial score (nSPS) is 7.12. The van der Waals surface area contributed by atoms with Crippen molar-refractivity contribution < 1.29 is 14.8 Å². The monoisotopic (exact) mass is 117 g/mol. The Hall–Kier alpha value is -1.39. The van der Waals surface area contributed by atoms with E-state index >= 15 is 0 Å². The zero-order chi connectivity index (χ0) is 6.57. The van der Waals surface area contributed by atoms with E-state index in [0.717, 1.165) is 6.08 Å². The average molecular weight is 117 g/mol. The number of primary amides is 1. The summed E-state index contributed by atoms with van der Waals surface area (Å²) >= 11 is 0. The first-order valence-electron chi connectivity index (χ1n) is 1.54. The zero-order valence-corrected chi connectivity index (χ0v) is 3.74. The van der Waals surface area contributed by atoms with E-state index in [4.69, 9.17) is 5.21 Å². The Labute approximate surface area is 44.1 Å². The minimum absolute atomic E-state index is 0.312. The Balaban J connectivity index is 3.82. The van der Waals surface area contributed by atoms with Gasteiger partial charge in [0.1, 0.15) is 0 Å². The molecular weight excluding hydrogens is 114 g/mol. The van der Waals surface area contributed by atoms with Gasteiger partial charge in [0.05, 0.1) is 0 Å². The predicted molar refractivity (Wildman–Crippen MR) is 21.3 cm³/mol. The lowest BCUT2D eigenvalue weighted by atomic mass is 11.1. The van der Waals surface area contributed by atoms with Crippen LogP contribution in [0.3, 0.4) is 0 Å². The summed E-state index contributed by atoms with van der Waals surface area (Å²) in [6.07, 6.45) is 0.899. The maximum absolute atomic E-state index is 9.71. The van der Waals surface area contributed by atoms with Crippen LogP contribution in [0.15, 0.2) is 5.10 Å². The standard InChI is InChI=1S/C2H3N3O3/c3-2(7)5(8)4-1-6/h8H,(H2,3,7). The lowest BCUT2D eigenvalue weighted by Gasteiger charge is -1.97. The third kappa shape index (κ3) is 1.91. The largest absolute Gasteiger partial charge is 0.361 e. The van der Waals surface area contributed by atoms with Gasteiger partial charge in [0.15, 0.2) is 0 Å². The first-order valence-corrected chi connectivity index (χ1v) is 1.54. The van der Waals surface area contributed by atoms with Crippen LogP contribution in [0.1, 0.15) is 0 Å². The van der Waals surface area contributed by atoms with Crippen LogP contribution in [-0.2, 0) is 4.79 Å². The Morgan fingerprint density at radius 2 is 2.38 bits per heavy atom. The van der Waals surface area contributed by atoms with Crippen molar-refractivity contribution >= 4 is 12.1 Å². The number of hydroxylamine groups is 1. The molecule has 0 bridgehead atoms. The topological polar surface area (TPSA) is 96.0 Å². The average Bonchev–Trinajstić information content (AvgIpc) is 1.67. The number of hydrazone groups is 1. The molecule has 0 atom stereocenters. The summed E-state index contributed by atoms with van der Waals surface area (Å²) in [4.78, 5) is 18.9. The molecule has 0 saturated heterocycles. The number of urea groups is 1. The smallest absolute Gasteiger partial charge is 0.348 e. The minimum Gasteiger partial charge on any atom is -0.348 e. The summed E-state index contributed by atoms with van der Waals surface area (Å²) in [6.45, 7) is 0. The molecule has 0 aliphatic heterocycles. The summed E-state index contributed by atoms with van der Waals surface area (Å²) in [5.41, 5.74) is 4.39. The fraction of sp³-hybridized carbons (Fsp3) is 0. The van der Waals surface area contributed by atoms with Crippen molar-refractivity contribution in [3.05, 3.63) is 0 Å². The van der Waals surface area contributed by atoms with Crippen molar-refractivity contribution in [2.75, 3.05) is 0 Å². The number of hydrogen-bond donors (Lipinski definition) is 2. The Bertz CT molecular complexity index is 135. The predicted octanol–water partition coefficient (Wildman–Crippen LogP) is -0.993. The minimum atomic E-state index is -1.23. The highest BCUT2D eigenvalue weighted by Crippen LogP contribution is 1.75. The van der Waals surface area contributed by atoms with Crippen LogP contribution in [0, 0.1) is 0 Å². The first-order chi connectivity index (χ1) is 3.68. The van der Waals surface area contributed by atoms with Crippen LogP contribution in [0.4, 0.5) is 4.79 Å². The van der Waals surface area contributed by atoms with Gasteiger partial charge in [0, 0.05) is 0 Å². The van der Waals surface area contributed by atoms with Crippen LogP contribution >= 0.6 is 0 Å². The van der Waals surface area contributed by atoms with Gasteiger partial charge in [0.2, 0.25) is 0 Å². The van der Waals surface area contributed by atoms with Crippen LogP contribution in [0.25, 0.3) is 0 Å². The maximum atomic E-state index is 9.71. The molecule has 0 heterocycles. The number of nitrogens with zero attached hydrogens (tertiary/aromatic N) is 2. The summed E-state index contributed by atoms with van der Waals surface area (Å²) < 4.78 is 0. The van der Waals surface area contributed by atoms with E-state index in [1.54, 1.807) is 0 Å². The van der Waals surface area contributed by atoms with Gasteiger partial charge in [-0.1, -0.05) is 10.3 Å². The fourth-order valence-corrected chi connectivity index (χ4v) is 0.0879. The molecule has 6 heteroatoms. The second-order valence-corrected chi connectivity index (χ2v) is 0.819. The molecule has 0 aliphatic carbocycles. The molecule has 0 aliphatic rings. The highest BCUT2D eigenvalue weighted by molar-refractivity contribution is 5.70. The van der Waals surface area contributed by atoms with Gasteiger partial charge < -0.3 is 5.73 Å². The summed E-state index contributed by atoms with van der Waals surface area (Å²) in [7, 11) is 0. The second kappa shape index (κ2) is 2.73. The van der Waals surface area contributed by atoms with E-state index in [1.165, 1.54) is 0 Å². The van der Waals surface area contributed by atoms with E-state index < -0.39 is 6.03 Å². The zero-order valence-electron chi connectivity index (χ0n) is 3.74. The van der Waals surface area contributed by atoms with Crippen LogP contribution < -0.4 is 5.73 Å². The molecule has 0 aromatic carbocycles. The van der Waals surface area contributed by atoms with E-state index in [-0.39, 0.29) is 5.17 Å². The van der Waals surface area contributed by atoms with Gasteiger partial charge in [0.25, 0.3) is 6.08 Å². The summed E-state index contributed by atoms with van der Waals surface area (Å²) in [5.74, 6) is 0. The molecule has 8 heavy (non-hydrogen) atoms. The van der Waals surface area contributed by atoms with Gasteiger partial charge in [-0.05, 0) is 0 Å². The molecule has 0 saturated carbocycles. The molecule has 0 fully saturated rings. The number of hydrogen-bond acceptors (Lipinski definition) is 4. The summed E-state index contributed by atoms with van der Waals surface area (Å²) in [5, 5.41) is 10.2. The van der Waals surface area contributed by atoms with Crippen molar-refractivity contribution in [2.24, 2.45) is 10.8 Å². The Kier molecular flexibility index (Phi) is 2.25. The van der Waals surface area contributed by atoms with Crippen molar-refractivity contribution in [3.63, 3.8) is 0 Å². The van der Waals surface area contributed by atoms with Crippen molar-refractivity contribution in [1.29, 1.82) is 0 Å². The highest BCUT2D eigenvalue weighted by atomic mass is 16.6. The quantitative estimate of drug-likeness (QED) is 0.199. The molecule has 44 valence electrons. The van der Waals surface area contributed by atoms with Gasteiger partial charge in [-0.25, -0.2) is 9.59 Å². The number of amides is 2. The van der Waals surface area contributed by atoms with Crippen LogP contribution in [0.5, 0.6) is 0 Å². The van der Waals surface area contributed by atoms with Crippen LogP contribution in [-0.4, -0.2) is 22.5 Å². The molecule has 3 N–H and O–H groups in total. The molecular formula is C2H3N3O3. The number of carbonyl (C=O) groups excluding carboxylic acids is 2. The molecule has 0 rings (SSSR count). The SMILES string of the molecule is NC(=O)N(O)N=C=O. The third-order valence-electron chi connectivity index (χ3n) is 0.333.